The smallest absolute Gasteiger partial charge is 0.218 e. The second-order valence-electron chi connectivity index (χ2n) is 10.2. The maximum atomic E-state index is 13.3. The van der Waals surface area contributed by atoms with Gasteiger partial charge in [0.1, 0.15) is 11.4 Å². The summed E-state index contributed by atoms with van der Waals surface area (Å²) >= 11 is 0. The summed E-state index contributed by atoms with van der Waals surface area (Å²) < 4.78 is 32.6. The van der Waals surface area contributed by atoms with E-state index in [9.17, 15) is 18.7 Å². The molecule has 2 aromatic rings. The van der Waals surface area contributed by atoms with Gasteiger partial charge >= 0.3 is 0 Å². The van der Waals surface area contributed by atoms with Gasteiger partial charge in [0.15, 0.2) is 0 Å². The van der Waals surface area contributed by atoms with Gasteiger partial charge in [0.25, 0.3) is 0 Å². The van der Waals surface area contributed by atoms with E-state index in [0.29, 0.717) is 18.7 Å². The molecule has 1 fully saturated rings. The molecule has 1 saturated carbocycles. The largest absolute Gasteiger partial charge is 0.471 e. The number of pyridine rings is 1. The highest BCUT2D eigenvalue weighted by molar-refractivity contribution is 5.73. The number of hydrogen-bond donors (Lipinski definition) is 3. The molecule has 3 N–H and O–H groups in total. The first kappa shape index (κ1) is 25.5. The number of aromatic nitrogens is 1. The van der Waals surface area contributed by atoms with Gasteiger partial charge in [0, 0.05) is 37.7 Å². The topological polar surface area (TPSA) is 83.5 Å². The lowest BCUT2D eigenvalue weighted by Crippen LogP contribution is -2.52. The monoisotopic (exact) mass is 487 g/mol. The molecule has 4 atom stereocenters. The molecule has 2 heterocycles. The summed E-state index contributed by atoms with van der Waals surface area (Å²) in [5, 5.41) is 17.3. The number of fused-ring (bicyclic) bond motifs is 1. The van der Waals surface area contributed by atoms with Crippen LogP contribution >= 0.6 is 0 Å². The van der Waals surface area contributed by atoms with E-state index in [-0.39, 0.29) is 42.5 Å². The van der Waals surface area contributed by atoms with Gasteiger partial charge in [-0.25, -0.2) is 9.37 Å². The van der Waals surface area contributed by atoms with E-state index in [2.05, 4.69) is 15.6 Å². The molecule has 1 aromatic heterocycles. The number of benzene rings is 1. The number of ether oxygens (including phenoxy) is 1. The third kappa shape index (κ3) is 6.35. The number of nitrogens with one attached hydrogen (secondary N) is 2. The molecule has 4 rings (SSSR count). The number of carbonyl (C=O) groups is 1. The number of nitrogens with zero attached hydrogens (tertiary/aromatic N) is 1. The van der Waals surface area contributed by atoms with Crippen LogP contribution in [-0.2, 0) is 17.6 Å². The van der Waals surface area contributed by atoms with E-state index in [4.69, 9.17) is 4.74 Å². The lowest BCUT2D eigenvalue weighted by Gasteiger charge is -2.47. The number of aliphatic hydroxyl groups is 1. The molecular formula is C27H35F2N3O3. The van der Waals surface area contributed by atoms with Crippen LogP contribution < -0.4 is 15.4 Å². The Hall–Kier alpha value is -2.58. The van der Waals surface area contributed by atoms with E-state index < -0.39 is 12.1 Å². The summed E-state index contributed by atoms with van der Waals surface area (Å²) in [6.07, 6.45) is 5.69. The standard InChI is InChI=1S/C27H35F2N3O3/c1-17(14-28)10-20-11-22-24(13-27(8-3-9-27)35-26(22)31-15-20)30-16-25(34)23(32-18(2)33)12-19-4-6-21(29)7-5-19/h4-7,11,15,17,23-25,30,34H,3,8-10,12-14,16H2,1-2H3,(H,32,33)/t17-,23-,24-,25+/m0/s1. The number of halogens is 2. The van der Waals surface area contributed by atoms with E-state index in [1.54, 1.807) is 18.3 Å². The first-order chi connectivity index (χ1) is 16.8. The zero-order valence-electron chi connectivity index (χ0n) is 20.4. The number of rotatable bonds is 10. The predicted molar refractivity (Wildman–Crippen MR) is 129 cm³/mol. The average Bonchev–Trinajstić information content (AvgIpc) is 2.81. The second-order valence-corrected chi connectivity index (χ2v) is 10.2. The Morgan fingerprint density at radius 2 is 2.00 bits per heavy atom. The van der Waals surface area contributed by atoms with E-state index in [1.165, 1.54) is 19.1 Å². The van der Waals surface area contributed by atoms with Gasteiger partial charge in [-0.05, 0) is 67.3 Å². The minimum absolute atomic E-state index is 0.0781. The molecular weight excluding hydrogens is 452 g/mol. The highest BCUT2D eigenvalue weighted by Crippen LogP contribution is 2.48. The summed E-state index contributed by atoms with van der Waals surface area (Å²) in [5.74, 6) is -0.0550. The molecule has 1 amide bonds. The van der Waals surface area contributed by atoms with Gasteiger partial charge in [0.05, 0.1) is 18.8 Å². The molecule has 1 aliphatic carbocycles. The SMILES string of the molecule is CC(=O)N[C@@H](Cc1ccc(F)cc1)[C@H](O)CN[C@H]1CC2(CCC2)Oc2ncc(C[C@H](C)CF)cc21. The minimum atomic E-state index is -0.865. The van der Waals surface area contributed by atoms with Gasteiger partial charge in [-0.3, -0.25) is 9.18 Å². The van der Waals surface area contributed by atoms with E-state index in [0.717, 1.165) is 42.4 Å². The molecule has 1 spiro atoms. The fourth-order valence-corrected chi connectivity index (χ4v) is 5.03. The molecule has 1 aromatic carbocycles. The van der Waals surface area contributed by atoms with E-state index in [1.807, 2.05) is 13.0 Å². The van der Waals surface area contributed by atoms with Crippen LogP contribution in [0.1, 0.15) is 62.3 Å². The Kier molecular flexibility index (Phi) is 8.02. The van der Waals surface area contributed by atoms with Crippen molar-refractivity contribution >= 4 is 5.91 Å². The Morgan fingerprint density at radius 1 is 1.26 bits per heavy atom. The van der Waals surface area contributed by atoms with Crippen LogP contribution in [0.15, 0.2) is 36.5 Å². The van der Waals surface area contributed by atoms with Crippen molar-refractivity contribution in [1.82, 2.24) is 15.6 Å². The van der Waals surface area contributed by atoms with Crippen LogP contribution in [0.25, 0.3) is 0 Å². The molecule has 0 saturated heterocycles. The molecule has 0 radical (unpaired) electrons. The fourth-order valence-electron chi connectivity index (χ4n) is 5.03. The van der Waals surface area contributed by atoms with Gasteiger partial charge in [-0.15, -0.1) is 0 Å². The van der Waals surface area contributed by atoms with Crippen LogP contribution in [0.3, 0.4) is 0 Å². The molecule has 35 heavy (non-hydrogen) atoms. The van der Waals surface area contributed by atoms with Crippen molar-refractivity contribution in [3.05, 3.63) is 59.0 Å². The van der Waals surface area contributed by atoms with Crippen LogP contribution in [0, 0.1) is 11.7 Å². The average molecular weight is 488 g/mol. The minimum Gasteiger partial charge on any atom is -0.471 e. The number of hydrogen-bond acceptors (Lipinski definition) is 5. The van der Waals surface area contributed by atoms with Gasteiger partial charge in [0.2, 0.25) is 11.8 Å². The Morgan fingerprint density at radius 3 is 2.63 bits per heavy atom. The normalized spacial score (nSPS) is 20.8. The van der Waals surface area contributed by atoms with Crippen LogP contribution in [-0.4, -0.2) is 47.0 Å². The molecule has 190 valence electrons. The molecule has 6 nitrogen and oxygen atoms in total. The van der Waals surface area contributed by atoms with E-state index >= 15 is 0 Å². The quantitative estimate of drug-likeness (QED) is 0.475. The summed E-state index contributed by atoms with van der Waals surface area (Å²) in [6, 6.07) is 7.49. The molecule has 0 unspecified atom stereocenters. The summed E-state index contributed by atoms with van der Waals surface area (Å²) in [7, 11) is 0. The number of amides is 1. The third-order valence-corrected chi connectivity index (χ3v) is 7.11. The third-order valence-electron chi connectivity index (χ3n) is 7.11. The Bertz CT molecular complexity index is 1010. The van der Waals surface area contributed by atoms with Gasteiger partial charge in [-0.2, -0.15) is 0 Å². The zero-order valence-corrected chi connectivity index (χ0v) is 20.4. The number of carbonyl (C=O) groups excluding carboxylic acids is 1. The highest BCUT2D eigenvalue weighted by atomic mass is 19.1. The fraction of sp³-hybridized carbons (Fsp3) is 0.556. The zero-order chi connectivity index (χ0) is 25.0. The molecule has 2 aliphatic rings. The van der Waals surface area contributed by atoms with Crippen molar-refractivity contribution < 1.29 is 23.4 Å². The Labute approximate surface area is 205 Å². The van der Waals surface area contributed by atoms with Crippen LogP contribution in [0.4, 0.5) is 8.78 Å². The maximum Gasteiger partial charge on any atom is 0.218 e. The lowest BCUT2D eigenvalue weighted by molar-refractivity contribution is -0.120. The predicted octanol–water partition coefficient (Wildman–Crippen LogP) is 3.81. The first-order valence-electron chi connectivity index (χ1n) is 12.4. The Balaban J connectivity index is 1.48. The summed E-state index contributed by atoms with van der Waals surface area (Å²) in [5.41, 5.74) is 2.47. The van der Waals surface area contributed by atoms with Crippen molar-refractivity contribution in [3.63, 3.8) is 0 Å². The summed E-state index contributed by atoms with van der Waals surface area (Å²) in [6.45, 7) is 3.15. The molecule has 8 heteroatoms. The van der Waals surface area contributed by atoms with Crippen molar-refractivity contribution in [2.45, 2.75) is 76.2 Å². The van der Waals surface area contributed by atoms with Crippen LogP contribution in [0.2, 0.25) is 0 Å². The maximum absolute atomic E-state index is 13.3. The van der Waals surface area contributed by atoms with Crippen molar-refractivity contribution in [2.75, 3.05) is 13.2 Å². The lowest BCUT2D eigenvalue weighted by atomic mass is 9.73. The van der Waals surface area contributed by atoms with Gasteiger partial charge in [-0.1, -0.05) is 19.1 Å². The van der Waals surface area contributed by atoms with Crippen molar-refractivity contribution in [1.29, 1.82) is 0 Å². The van der Waals surface area contributed by atoms with Crippen LogP contribution in [0.5, 0.6) is 5.88 Å². The number of alkyl halides is 1. The van der Waals surface area contributed by atoms with Gasteiger partial charge < -0.3 is 20.5 Å². The first-order valence-corrected chi connectivity index (χ1v) is 12.4. The van der Waals surface area contributed by atoms with Crippen molar-refractivity contribution in [3.8, 4) is 5.88 Å². The molecule has 1 aliphatic heterocycles. The summed E-state index contributed by atoms with van der Waals surface area (Å²) in [4.78, 5) is 16.4. The molecule has 0 bridgehead atoms. The highest BCUT2D eigenvalue weighted by Gasteiger charge is 2.46. The van der Waals surface area contributed by atoms with Crippen molar-refractivity contribution in [2.24, 2.45) is 5.92 Å². The number of aliphatic hydroxyl groups excluding tert-OH is 1. The second kappa shape index (κ2) is 11.0.